The Morgan fingerprint density at radius 2 is 2.19 bits per heavy atom. The molecule has 4 nitrogen and oxygen atoms in total. The van der Waals surface area contributed by atoms with Gasteiger partial charge in [0.2, 0.25) is 0 Å². The largest absolute Gasteiger partial charge is 0.389 e. The monoisotopic (exact) mass is 307 g/mol. The summed E-state index contributed by atoms with van der Waals surface area (Å²) in [4.78, 5) is 2.29. The van der Waals surface area contributed by atoms with Crippen molar-refractivity contribution in [3.8, 4) is 0 Å². The van der Waals surface area contributed by atoms with Crippen molar-refractivity contribution in [3.63, 3.8) is 0 Å². The molecule has 5 heteroatoms. The molecule has 1 aliphatic carbocycles. The summed E-state index contributed by atoms with van der Waals surface area (Å²) in [6, 6.07) is 5.66. The zero-order valence-corrected chi connectivity index (χ0v) is 12.9. The van der Waals surface area contributed by atoms with Crippen LogP contribution in [0.25, 0.3) is 0 Å². The Balaban J connectivity index is 1.79. The second kappa shape index (κ2) is 5.50. The number of nitrogens with zero attached hydrogens (tertiary/aromatic N) is 1. The van der Waals surface area contributed by atoms with Gasteiger partial charge in [0.15, 0.2) is 0 Å². The molecule has 0 bridgehead atoms. The number of amidine groups is 1. The molecule has 2 fully saturated rings. The van der Waals surface area contributed by atoms with Crippen LogP contribution >= 0.6 is 11.6 Å². The second-order valence-electron chi connectivity index (χ2n) is 6.32. The van der Waals surface area contributed by atoms with Crippen LogP contribution < -0.4 is 10.6 Å². The van der Waals surface area contributed by atoms with E-state index in [-0.39, 0.29) is 5.84 Å². The van der Waals surface area contributed by atoms with E-state index >= 15 is 0 Å². The highest BCUT2D eigenvalue weighted by molar-refractivity contribution is 6.34. The molecule has 1 aromatic rings. The topological polar surface area (TPSA) is 73.3 Å². The quantitative estimate of drug-likeness (QED) is 0.581. The summed E-state index contributed by atoms with van der Waals surface area (Å²) >= 11 is 6.21. The molecular formula is C16H22ClN3O. The van der Waals surface area contributed by atoms with Gasteiger partial charge in [0.05, 0.1) is 10.6 Å². The highest BCUT2D eigenvalue weighted by atomic mass is 35.5. The van der Waals surface area contributed by atoms with Gasteiger partial charge in [-0.3, -0.25) is 5.41 Å². The molecule has 1 saturated carbocycles. The van der Waals surface area contributed by atoms with Crippen LogP contribution in [0.2, 0.25) is 5.02 Å². The average Bonchev–Trinajstić information content (AvgIpc) is 2.45. The summed E-state index contributed by atoms with van der Waals surface area (Å²) in [7, 11) is 0. The van der Waals surface area contributed by atoms with Crippen LogP contribution in [-0.2, 0) is 0 Å². The third kappa shape index (κ3) is 2.74. The van der Waals surface area contributed by atoms with Crippen LogP contribution in [-0.4, -0.2) is 29.6 Å². The van der Waals surface area contributed by atoms with Crippen molar-refractivity contribution in [2.24, 2.45) is 11.7 Å². The highest BCUT2D eigenvalue weighted by Gasteiger charge is 2.42. The molecule has 1 heterocycles. The van der Waals surface area contributed by atoms with Crippen molar-refractivity contribution in [1.29, 1.82) is 5.41 Å². The van der Waals surface area contributed by atoms with Gasteiger partial charge < -0.3 is 15.7 Å². The Morgan fingerprint density at radius 3 is 2.90 bits per heavy atom. The standard InChI is InChI=1S/C16H22ClN3O/c17-14-9-12(4-5-13(14)15(18)19)20-8-7-16(21)6-2-1-3-11(16)10-20/h4-5,9,11,21H,1-3,6-8,10H2,(H3,18,19). The number of benzene rings is 1. The maximum atomic E-state index is 10.7. The average molecular weight is 308 g/mol. The summed E-state index contributed by atoms with van der Waals surface area (Å²) in [6.07, 6.45) is 5.22. The van der Waals surface area contributed by atoms with E-state index in [0.717, 1.165) is 44.5 Å². The minimum Gasteiger partial charge on any atom is -0.389 e. The zero-order valence-electron chi connectivity index (χ0n) is 12.1. The minimum atomic E-state index is -0.460. The highest BCUT2D eigenvalue weighted by Crippen LogP contribution is 2.41. The lowest BCUT2D eigenvalue weighted by atomic mass is 9.71. The van der Waals surface area contributed by atoms with Crippen molar-refractivity contribution >= 4 is 23.1 Å². The molecule has 0 amide bonds. The summed E-state index contributed by atoms with van der Waals surface area (Å²) in [5.74, 6) is 0.345. The first-order valence-corrected chi connectivity index (χ1v) is 7.99. The molecule has 2 aliphatic rings. The predicted molar refractivity (Wildman–Crippen MR) is 86.2 cm³/mol. The first-order chi connectivity index (χ1) is 9.99. The van der Waals surface area contributed by atoms with E-state index in [1.165, 1.54) is 6.42 Å². The Kier molecular flexibility index (Phi) is 3.84. The van der Waals surface area contributed by atoms with Crippen molar-refractivity contribution < 1.29 is 5.11 Å². The van der Waals surface area contributed by atoms with Crippen molar-refractivity contribution in [1.82, 2.24) is 0 Å². The van der Waals surface area contributed by atoms with Crippen LogP contribution in [0.3, 0.4) is 0 Å². The zero-order chi connectivity index (χ0) is 15.0. The molecule has 0 radical (unpaired) electrons. The molecule has 0 aromatic heterocycles. The third-order valence-corrected chi connectivity index (χ3v) is 5.35. The van der Waals surface area contributed by atoms with E-state index in [9.17, 15) is 5.11 Å². The van der Waals surface area contributed by atoms with Crippen LogP contribution in [0.15, 0.2) is 18.2 Å². The number of fused-ring (bicyclic) bond motifs is 1. The van der Waals surface area contributed by atoms with Crippen LogP contribution in [0.5, 0.6) is 0 Å². The maximum Gasteiger partial charge on any atom is 0.124 e. The van der Waals surface area contributed by atoms with Gasteiger partial charge in [-0.2, -0.15) is 0 Å². The van der Waals surface area contributed by atoms with Crippen LogP contribution in [0, 0.1) is 11.3 Å². The number of halogens is 1. The molecule has 2 unspecified atom stereocenters. The number of anilines is 1. The maximum absolute atomic E-state index is 10.7. The Bertz CT molecular complexity index is 562. The molecule has 4 N–H and O–H groups in total. The van der Waals surface area contributed by atoms with E-state index in [2.05, 4.69) is 4.90 Å². The molecule has 0 spiro atoms. The SMILES string of the molecule is N=C(N)c1ccc(N2CCC3(O)CCCCC3C2)cc1Cl. The van der Waals surface area contributed by atoms with Gasteiger partial charge in [0.25, 0.3) is 0 Å². The minimum absolute atomic E-state index is 0.00755. The fraction of sp³-hybridized carbons (Fsp3) is 0.562. The van der Waals surface area contributed by atoms with Crippen LogP contribution in [0.4, 0.5) is 5.69 Å². The Hall–Kier alpha value is -1.26. The van der Waals surface area contributed by atoms with E-state index < -0.39 is 5.60 Å². The molecular weight excluding hydrogens is 286 g/mol. The molecule has 114 valence electrons. The number of piperidine rings is 1. The summed E-state index contributed by atoms with van der Waals surface area (Å²) in [5.41, 5.74) is 6.67. The normalized spacial score (nSPS) is 29.0. The van der Waals surface area contributed by atoms with E-state index in [0.29, 0.717) is 16.5 Å². The Morgan fingerprint density at radius 1 is 1.38 bits per heavy atom. The number of nitrogen functional groups attached to an aromatic ring is 1. The molecule has 2 atom stereocenters. The fourth-order valence-corrected chi connectivity index (χ4v) is 4.00. The van der Waals surface area contributed by atoms with Crippen molar-refractivity contribution in [2.45, 2.75) is 37.7 Å². The molecule has 1 aromatic carbocycles. The first-order valence-electron chi connectivity index (χ1n) is 7.61. The van der Waals surface area contributed by atoms with Gasteiger partial charge in [-0.05, 0) is 37.5 Å². The van der Waals surface area contributed by atoms with Crippen LogP contribution in [0.1, 0.15) is 37.7 Å². The van der Waals surface area contributed by atoms with E-state index in [4.69, 9.17) is 22.7 Å². The third-order valence-electron chi connectivity index (χ3n) is 5.04. The lowest BCUT2D eigenvalue weighted by molar-refractivity contribution is -0.0612. The number of nitrogens with one attached hydrogen (secondary N) is 1. The van der Waals surface area contributed by atoms with Crippen molar-refractivity contribution in [2.75, 3.05) is 18.0 Å². The van der Waals surface area contributed by atoms with Gasteiger partial charge in [-0.25, -0.2) is 0 Å². The molecule has 3 rings (SSSR count). The van der Waals surface area contributed by atoms with Crippen molar-refractivity contribution in [3.05, 3.63) is 28.8 Å². The van der Waals surface area contributed by atoms with Gasteiger partial charge in [0.1, 0.15) is 5.84 Å². The fourth-order valence-electron chi connectivity index (χ4n) is 3.72. The number of aliphatic hydroxyl groups is 1. The lowest BCUT2D eigenvalue weighted by Crippen LogP contribution is -2.53. The second-order valence-corrected chi connectivity index (χ2v) is 6.73. The lowest BCUT2D eigenvalue weighted by Gasteiger charge is -2.48. The number of hydrogen-bond acceptors (Lipinski definition) is 3. The van der Waals surface area contributed by atoms with Gasteiger partial charge >= 0.3 is 0 Å². The van der Waals surface area contributed by atoms with Gasteiger partial charge in [0, 0.05) is 30.3 Å². The number of nitrogens with two attached hydrogens (primary N) is 1. The summed E-state index contributed by atoms with van der Waals surface area (Å²) < 4.78 is 0. The van der Waals surface area contributed by atoms with E-state index in [1.807, 2.05) is 18.2 Å². The number of hydrogen-bond donors (Lipinski definition) is 3. The molecule has 1 aliphatic heterocycles. The van der Waals surface area contributed by atoms with E-state index in [1.54, 1.807) is 0 Å². The number of rotatable bonds is 2. The summed E-state index contributed by atoms with van der Waals surface area (Å²) in [6.45, 7) is 1.73. The molecule has 21 heavy (non-hydrogen) atoms. The predicted octanol–water partition coefficient (Wildman–Crippen LogP) is 2.76. The van der Waals surface area contributed by atoms with Gasteiger partial charge in [-0.1, -0.05) is 24.4 Å². The Labute approximate surface area is 130 Å². The van der Waals surface area contributed by atoms with Gasteiger partial charge in [-0.15, -0.1) is 0 Å². The summed E-state index contributed by atoms with van der Waals surface area (Å²) in [5, 5.41) is 18.7. The first kappa shape index (κ1) is 14.7. The molecule has 1 saturated heterocycles. The smallest absolute Gasteiger partial charge is 0.124 e.